The van der Waals surface area contributed by atoms with Gasteiger partial charge >= 0.3 is 11.9 Å². The van der Waals surface area contributed by atoms with E-state index in [9.17, 15) is 19.5 Å². The number of Topliss-reactive ketones (excluding diaryl/α,β-unsaturated/α-hetero) is 2. The van der Waals surface area contributed by atoms with Crippen molar-refractivity contribution in [2.45, 2.75) is 129 Å². The van der Waals surface area contributed by atoms with Crippen molar-refractivity contribution in [2.75, 3.05) is 34.3 Å². The Hall–Kier alpha value is -3.62. The Bertz CT molecular complexity index is 1950. The van der Waals surface area contributed by atoms with E-state index in [4.69, 9.17) is 23.7 Å². The van der Waals surface area contributed by atoms with Crippen LogP contribution in [0, 0.1) is 40.9 Å². The van der Waals surface area contributed by atoms with Crippen LogP contribution in [0.15, 0.2) is 30.6 Å². The molecular formula is C44H60N4O10S. The van der Waals surface area contributed by atoms with Crippen LogP contribution in [0.2, 0.25) is 0 Å². The van der Waals surface area contributed by atoms with Crippen molar-refractivity contribution >= 4 is 34.8 Å². The molecule has 4 aliphatic heterocycles. The molecule has 6 rings (SSSR count). The van der Waals surface area contributed by atoms with Gasteiger partial charge in [-0.2, -0.15) is 0 Å². The number of carbonyl (C=O) groups excluding carboxylic acids is 4. The van der Waals surface area contributed by atoms with Gasteiger partial charge in [-0.1, -0.05) is 39.5 Å². The smallest absolute Gasteiger partial charge is 0.324 e. The van der Waals surface area contributed by atoms with Gasteiger partial charge in [0, 0.05) is 48.1 Å². The number of aliphatic hydroxyl groups excluding tert-OH is 1. The minimum atomic E-state index is -1.42. The lowest BCUT2D eigenvalue weighted by atomic mass is 9.62. The molecule has 4 aliphatic rings. The number of hydrogen-bond acceptors (Lipinski definition) is 15. The number of ether oxygens (including phenoxy) is 5. The lowest BCUT2D eigenvalue weighted by molar-refractivity contribution is -0.296. The number of nitrogens with zero attached hydrogens (tertiary/aromatic N) is 4. The average Bonchev–Trinajstić information content (AvgIpc) is 3.87. The molecule has 6 heterocycles. The summed E-state index contributed by atoms with van der Waals surface area (Å²) in [6, 6.07) is 4.48. The third-order valence-corrected chi connectivity index (χ3v) is 14.1. The van der Waals surface area contributed by atoms with E-state index in [1.807, 2.05) is 63.7 Å². The molecule has 322 valence electrons. The molecule has 4 fully saturated rings. The number of thiophene rings is 1. The first-order valence-corrected chi connectivity index (χ1v) is 21.4. The molecule has 3 unspecified atom stereocenters. The SMILES string of the molecule is CC[C@H]1OC(=O)[C@H](C)C(=O)[C@H](C)[C@@H](O[C@@H]2O[C@H](C)C[C@H](N(C)C)[C@H]2O)[C@@](C)(OCC#Cc2ccc(-c3ncccn3)s2)C[C@@H](C)C(=O)C2(C)CN(C)C3C(=O)O[C@@]1(C)C32. The van der Waals surface area contributed by atoms with Crippen LogP contribution in [0.4, 0.5) is 0 Å². The van der Waals surface area contributed by atoms with E-state index in [1.54, 1.807) is 46.3 Å². The fraction of sp³-hybridized carbons (Fsp3) is 0.682. The van der Waals surface area contributed by atoms with Crippen LogP contribution in [0.1, 0.15) is 79.5 Å². The predicted molar refractivity (Wildman–Crippen MR) is 219 cm³/mol. The Labute approximate surface area is 351 Å². The molecule has 14 nitrogen and oxygen atoms in total. The van der Waals surface area contributed by atoms with Crippen LogP contribution < -0.4 is 0 Å². The van der Waals surface area contributed by atoms with Crippen LogP contribution in [0.3, 0.4) is 0 Å². The standard InChI is InChI=1S/C44H60N4O10S/c1-12-31-44(8)35-32(40(53)58-44)48(11)23-42(35,6)36(51)24(2)22-43(7,54-20-13-15-28-16-17-30(59-28)38-45-18-14-19-46-38)37(26(4)33(49)27(5)39(52)56-31)57-41-34(50)29(47(9)10)21-25(3)55-41/h14,16-19,24-27,29,31-32,34-35,37,41,50H,12,20-23H2,1-11H3/t24-,25-,26+,27-,29+,31-,32?,34-,35?,37-,41+,42?,43+,44-/m1/s1. The molecule has 0 aromatic carbocycles. The number of cyclic esters (lactones) is 1. The summed E-state index contributed by atoms with van der Waals surface area (Å²) in [5, 5.41) is 11.7. The lowest BCUT2D eigenvalue weighted by Gasteiger charge is -2.48. The number of likely N-dealkylation sites (N-methyl/N-ethyl adjacent to an activating group) is 2. The summed E-state index contributed by atoms with van der Waals surface area (Å²) in [5.74, 6) is 1.36. The number of rotatable bonds is 7. The van der Waals surface area contributed by atoms with Crippen LogP contribution in [0.5, 0.6) is 0 Å². The Kier molecular flexibility index (Phi) is 13.2. The zero-order chi connectivity index (χ0) is 43.2. The molecule has 15 heteroatoms. The fourth-order valence-corrected chi connectivity index (χ4v) is 11.1. The number of hydrogen-bond donors (Lipinski definition) is 1. The molecule has 0 radical (unpaired) electrons. The van der Waals surface area contributed by atoms with Crippen molar-refractivity contribution in [3.8, 4) is 22.5 Å². The van der Waals surface area contributed by atoms with Crippen LogP contribution in [-0.2, 0) is 42.9 Å². The van der Waals surface area contributed by atoms with Crippen LogP contribution >= 0.6 is 11.3 Å². The van der Waals surface area contributed by atoms with Gasteiger partial charge in [0.25, 0.3) is 0 Å². The number of esters is 2. The van der Waals surface area contributed by atoms with E-state index in [-0.39, 0.29) is 43.9 Å². The van der Waals surface area contributed by atoms with Gasteiger partial charge in [0.05, 0.1) is 27.6 Å². The molecule has 0 saturated carbocycles. The molecule has 0 aliphatic carbocycles. The first kappa shape index (κ1) is 44.9. The van der Waals surface area contributed by atoms with Gasteiger partial charge in [-0.3, -0.25) is 24.1 Å². The van der Waals surface area contributed by atoms with Gasteiger partial charge < -0.3 is 33.7 Å². The summed E-state index contributed by atoms with van der Waals surface area (Å²) < 4.78 is 32.0. The maximum absolute atomic E-state index is 15.1. The Morgan fingerprint density at radius 2 is 1.75 bits per heavy atom. The highest BCUT2D eigenvalue weighted by Gasteiger charge is 2.70. The first-order valence-electron chi connectivity index (χ1n) is 20.6. The summed E-state index contributed by atoms with van der Waals surface area (Å²) in [6.45, 7) is 14.3. The second-order valence-corrected chi connectivity index (χ2v) is 18.9. The molecule has 1 N–H and O–H groups in total. The first-order chi connectivity index (χ1) is 27.7. The van der Waals surface area contributed by atoms with Crippen molar-refractivity contribution in [2.24, 2.45) is 29.1 Å². The average molecular weight is 837 g/mol. The largest absolute Gasteiger partial charge is 0.458 e. The summed E-state index contributed by atoms with van der Waals surface area (Å²) >= 11 is 1.44. The van der Waals surface area contributed by atoms with Crippen molar-refractivity contribution in [1.29, 1.82) is 0 Å². The van der Waals surface area contributed by atoms with E-state index in [2.05, 4.69) is 21.8 Å². The second-order valence-electron chi connectivity index (χ2n) is 17.8. The summed E-state index contributed by atoms with van der Waals surface area (Å²) in [5.41, 5.74) is -3.87. The third kappa shape index (κ3) is 8.51. The van der Waals surface area contributed by atoms with Gasteiger partial charge in [0.2, 0.25) is 0 Å². The van der Waals surface area contributed by atoms with Gasteiger partial charge in [0.15, 0.2) is 23.5 Å². The fourth-order valence-electron chi connectivity index (χ4n) is 10.3. The van der Waals surface area contributed by atoms with Crippen molar-refractivity contribution in [3.05, 3.63) is 35.5 Å². The summed E-state index contributed by atoms with van der Waals surface area (Å²) in [4.78, 5) is 71.4. The Morgan fingerprint density at radius 3 is 2.41 bits per heavy atom. The van der Waals surface area contributed by atoms with Crippen molar-refractivity contribution in [3.63, 3.8) is 0 Å². The number of carbonyl (C=O) groups is 4. The Balaban J connectivity index is 1.42. The highest BCUT2D eigenvalue weighted by molar-refractivity contribution is 7.15. The molecular weight excluding hydrogens is 777 g/mol. The van der Waals surface area contributed by atoms with E-state index in [0.29, 0.717) is 12.2 Å². The van der Waals surface area contributed by atoms with Crippen molar-refractivity contribution < 1.29 is 48.0 Å². The molecule has 4 saturated heterocycles. The highest BCUT2D eigenvalue weighted by Crippen LogP contribution is 2.55. The quantitative estimate of drug-likeness (QED) is 0.240. The Morgan fingerprint density at radius 1 is 1.05 bits per heavy atom. The van der Waals surface area contributed by atoms with E-state index < -0.39 is 88.7 Å². The third-order valence-electron chi connectivity index (χ3n) is 13.1. The molecule has 14 atom stereocenters. The highest BCUT2D eigenvalue weighted by atomic mass is 32.1. The van der Waals surface area contributed by atoms with E-state index in [0.717, 1.165) is 9.75 Å². The van der Waals surface area contributed by atoms with Gasteiger partial charge in [-0.15, -0.1) is 11.3 Å². The minimum absolute atomic E-state index is 0.0675. The molecule has 0 spiro atoms. The molecule has 59 heavy (non-hydrogen) atoms. The van der Waals surface area contributed by atoms with E-state index in [1.165, 1.54) is 18.3 Å². The summed E-state index contributed by atoms with van der Waals surface area (Å²) in [7, 11) is 5.54. The predicted octanol–water partition coefficient (Wildman–Crippen LogP) is 4.17. The maximum Gasteiger partial charge on any atom is 0.324 e. The summed E-state index contributed by atoms with van der Waals surface area (Å²) in [6.07, 6.45) is -0.386. The van der Waals surface area contributed by atoms with E-state index >= 15 is 4.79 Å². The normalized spacial score (nSPS) is 39.6. The number of aliphatic hydroxyl groups is 1. The van der Waals surface area contributed by atoms with Gasteiger partial charge in [0.1, 0.15) is 36.6 Å². The van der Waals surface area contributed by atoms with Gasteiger partial charge in [-0.05, 0) is 86.3 Å². The van der Waals surface area contributed by atoms with Crippen LogP contribution in [-0.4, -0.2) is 137 Å². The number of aromatic nitrogens is 2. The minimum Gasteiger partial charge on any atom is -0.458 e. The molecule has 2 aromatic heterocycles. The lowest BCUT2D eigenvalue weighted by Crippen LogP contribution is -2.60. The zero-order valence-corrected chi connectivity index (χ0v) is 36.9. The maximum atomic E-state index is 15.1. The topological polar surface area (TPSA) is 167 Å². The zero-order valence-electron chi connectivity index (χ0n) is 36.1. The molecule has 2 aromatic rings. The van der Waals surface area contributed by atoms with Crippen molar-refractivity contribution in [1.82, 2.24) is 19.8 Å². The number of likely N-dealkylation sites (tertiary alicyclic amines) is 1. The van der Waals surface area contributed by atoms with Gasteiger partial charge in [-0.25, -0.2) is 9.97 Å². The second kappa shape index (κ2) is 17.4. The van der Waals surface area contributed by atoms with Crippen LogP contribution in [0.25, 0.3) is 10.7 Å². The monoisotopic (exact) mass is 836 g/mol. The molecule has 0 bridgehead atoms. The number of ketones is 2. The molecule has 0 amide bonds.